The van der Waals surface area contributed by atoms with E-state index in [2.05, 4.69) is 33.6 Å². The molecule has 0 bridgehead atoms. The van der Waals surface area contributed by atoms with Crippen molar-refractivity contribution in [2.24, 2.45) is 12.8 Å². The molecule has 0 fully saturated rings. The molecule has 1 unspecified atom stereocenters. The molecule has 0 saturated carbocycles. The van der Waals surface area contributed by atoms with Crippen molar-refractivity contribution in [1.82, 2.24) is 14.5 Å². The zero-order chi connectivity index (χ0) is 25.1. The molecule has 4 rings (SSSR count). The number of aryl methyl sites for hydroxylation is 1. The quantitative estimate of drug-likeness (QED) is 0.336. The highest BCUT2D eigenvalue weighted by Crippen LogP contribution is 2.28. The first-order valence-corrected chi connectivity index (χ1v) is 10.7. The summed E-state index contributed by atoms with van der Waals surface area (Å²) in [5.41, 5.74) is 6.07. The Labute approximate surface area is 203 Å². The van der Waals surface area contributed by atoms with Crippen molar-refractivity contribution >= 4 is 28.5 Å². The Morgan fingerprint density at radius 2 is 2.03 bits per heavy atom. The number of halogens is 3. The maximum atomic E-state index is 14.6. The molecule has 9 heteroatoms. The number of primary amides is 1. The summed E-state index contributed by atoms with van der Waals surface area (Å²) in [4.78, 5) is 31.6. The minimum absolute atomic E-state index is 0.00630. The fourth-order valence-corrected chi connectivity index (χ4v) is 4.02. The zero-order valence-electron chi connectivity index (χ0n) is 18.3. The first-order valence-electron chi connectivity index (χ1n) is 10.3. The number of hydrogen-bond donors (Lipinski definition) is 2. The molecule has 0 saturated heterocycles. The molecule has 0 aliphatic carbocycles. The van der Waals surface area contributed by atoms with Crippen molar-refractivity contribution in [2.75, 3.05) is 0 Å². The topological polar surface area (TPSA) is 93.8 Å². The van der Waals surface area contributed by atoms with E-state index in [-0.39, 0.29) is 39.4 Å². The van der Waals surface area contributed by atoms with Gasteiger partial charge in [-0.25, -0.2) is 13.8 Å². The Kier molecular flexibility index (Phi) is 6.68. The molecule has 3 aromatic heterocycles. The van der Waals surface area contributed by atoms with Gasteiger partial charge in [-0.15, -0.1) is 0 Å². The standard InChI is InChI=1S/C26H17ClF2N4O2/c1-33-13-5-8-19(26(33)35)16(20-14-15(28)9-10-21(20)29)6-3-2-4-7-17-18-11-12-31-25(18)32-23(27)22(17)24(30)34/h5,8-14,16H,6H2,1H3,(H2,30,34)(H,31,32). The first kappa shape index (κ1) is 23.7. The van der Waals surface area contributed by atoms with E-state index < -0.39 is 23.5 Å². The average Bonchev–Trinajstić information content (AvgIpc) is 3.28. The molecule has 6 nitrogen and oxygen atoms in total. The third kappa shape index (κ3) is 4.79. The monoisotopic (exact) mass is 490 g/mol. The van der Waals surface area contributed by atoms with E-state index in [9.17, 15) is 18.4 Å². The van der Waals surface area contributed by atoms with Gasteiger partial charge >= 0.3 is 0 Å². The van der Waals surface area contributed by atoms with E-state index >= 15 is 0 Å². The molecule has 3 heterocycles. The van der Waals surface area contributed by atoms with Crippen LogP contribution in [0.1, 0.15) is 39.4 Å². The summed E-state index contributed by atoms with van der Waals surface area (Å²) in [6.07, 6.45) is 3.18. The fourth-order valence-electron chi connectivity index (χ4n) is 3.75. The van der Waals surface area contributed by atoms with Gasteiger partial charge in [0.25, 0.3) is 11.5 Å². The lowest BCUT2D eigenvalue weighted by atomic mass is 9.89. The summed E-state index contributed by atoms with van der Waals surface area (Å²) in [5, 5.41) is 0.455. The number of aromatic nitrogens is 3. The van der Waals surface area contributed by atoms with Gasteiger partial charge in [0.1, 0.15) is 22.4 Å². The smallest absolute Gasteiger partial charge is 0.254 e. The van der Waals surface area contributed by atoms with Crippen LogP contribution < -0.4 is 11.3 Å². The summed E-state index contributed by atoms with van der Waals surface area (Å²) in [7, 11) is 1.57. The fraction of sp³-hybridized carbons (Fsp3) is 0.115. The molecule has 0 radical (unpaired) electrons. The van der Waals surface area contributed by atoms with Crippen LogP contribution in [0.15, 0.2) is 53.6 Å². The number of nitrogens with zero attached hydrogens (tertiary/aromatic N) is 2. The second-order valence-corrected chi connectivity index (χ2v) is 7.97. The van der Waals surface area contributed by atoms with Crippen LogP contribution in [0, 0.1) is 35.3 Å². The normalized spacial score (nSPS) is 11.3. The van der Waals surface area contributed by atoms with E-state index in [1.165, 1.54) is 4.57 Å². The van der Waals surface area contributed by atoms with Crippen LogP contribution in [-0.2, 0) is 7.05 Å². The van der Waals surface area contributed by atoms with E-state index in [1.54, 1.807) is 37.6 Å². The third-order valence-corrected chi connectivity index (χ3v) is 5.69. The number of H-pyrrole nitrogens is 1. The Morgan fingerprint density at radius 3 is 2.80 bits per heavy atom. The predicted molar refractivity (Wildman–Crippen MR) is 129 cm³/mol. The number of amides is 1. The Balaban J connectivity index is 1.74. The van der Waals surface area contributed by atoms with Gasteiger partial charge in [0.2, 0.25) is 0 Å². The number of rotatable bonds is 4. The average molecular weight is 491 g/mol. The molecule has 0 aliphatic rings. The maximum Gasteiger partial charge on any atom is 0.254 e. The molecule has 1 amide bonds. The molecule has 0 spiro atoms. The summed E-state index contributed by atoms with van der Waals surface area (Å²) in [6.45, 7) is 0. The second kappa shape index (κ2) is 9.84. The van der Waals surface area contributed by atoms with Crippen molar-refractivity contribution in [3.8, 4) is 23.7 Å². The summed E-state index contributed by atoms with van der Waals surface area (Å²) >= 11 is 6.10. The predicted octanol–water partition coefficient (Wildman–Crippen LogP) is 3.87. The first-order chi connectivity index (χ1) is 16.8. The molecule has 3 N–H and O–H groups in total. The van der Waals surface area contributed by atoms with E-state index in [1.807, 2.05) is 0 Å². The Bertz CT molecular complexity index is 1650. The highest BCUT2D eigenvalue weighted by atomic mass is 35.5. The van der Waals surface area contributed by atoms with Crippen LogP contribution in [0.25, 0.3) is 11.0 Å². The molecule has 0 aliphatic heterocycles. The van der Waals surface area contributed by atoms with Gasteiger partial charge in [-0.2, -0.15) is 0 Å². The van der Waals surface area contributed by atoms with Crippen LogP contribution >= 0.6 is 11.6 Å². The minimum atomic E-state index is -0.826. The highest BCUT2D eigenvalue weighted by molar-refractivity contribution is 6.33. The number of carbonyl (C=O) groups is 1. The molecule has 1 atom stereocenters. The van der Waals surface area contributed by atoms with Gasteiger partial charge in [-0.1, -0.05) is 29.5 Å². The van der Waals surface area contributed by atoms with Crippen molar-refractivity contribution in [3.05, 3.63) is 98.2 Å². The third-order valence-electron chi connectivity index (χ3n) is 5.41. The number of pyridine rings is 2. The van der Waals surface area contributed by atoms with Crippen LogP contribution in [0.3, 0.4) is 0 Å². The molecular formula is C26H17ClF2N4O2. The van der Waals surface area contributed by atoms with Gasteiger partial charge < -0.3 is 15.3 Å². The van der Waals surface area contributed by atoms with Crippen LogP contribution in [-0.4, -0.2) is 20.4 Å². The summed E-state index contributed by atoms with van der Waals surface area (Å²) in [5.74, 6) is 8.01. The number of hydrogen-bond acceptors (Lipinski definition) is 3. The zero-order valence-corrected chi connectivity index (χ0v) is 19.1. The van der Waals surface area contributed by atoms with E-state index in [4.69, 9.17) is 17.3 Å². The molecule has 4 aromatic rings. The van der Waals surface area contributed by atoms with Gasteiger partial charge in [0.15, 0.2) is 0 Å². The number of carbonyl (C=O) groups excluding carboxylic acids is 1. The van der Waals surface area contributed by atoms with E-state index in [0.717, 1.165) is 18.2 Å². The van der Waals surface area contributed by atoms with Crippen molar-refractivity contribution in [1.29, 1.82) is 0 Å². The van der Waals surface area contributed by atoms with Crippen LogP contribution in [0.5, 0.6) is 0 Å². The number of benzene rings is 1. The Hall–Kier alpha value is -4.40. The minimum Gasteiger partial charge on any atom is -0.365 e. The van der Waals surface area contributed by atoms with Crippen molar-refractivity contribution in [2.45, 2.75) is 12.3 Å². The van der Waals surface area contributed by atoms with Gasteiger partial charge in [0, 0.05) is 42.7 Å². The van der Waals surface area contributed by atoms with Gasteiger partial charge in [-0.05, 0) is 47.7 Å². The Morgan fingerprint density at radius 1 is 1.23 bits per heavy atom. The van der Waals surface area contributed by atoms with Gasteiger partial charge in [-0.3, -0.25) is 9.59 Å². The molecule has 174 valence electrons. The maximum absolute atomic E-state index is 14.6. The summed E-state index contributed by atoms with van der Waals surface area (Å²) in [6, 6.07) is 7.96. The van der Waals surface area contributed by atoms with Crippen molar-refractivity contribution < 1.29 is 13.6 Å². The molecular weight excluding hydrogens is 474 g/mol. The second-order valence-electron chi connectivity index (χ2n) is 7.61. The SMILES string of the molecule is Cn1cccc(C(CC#CC#Cc2c(C(N)=O)c(Cl)nc3[nH]ccc23)c2cc(F)ccc2F)c1=O. The van der Waals surface area contributed by atoms with Crippen LogP contribution in [0.4, 0.5) is 8.78 Å². The van der Waals surface area contributed by atoms with Gasteiger partial charge in [0.05, 0.1) is 11.1 Å². The highest BCUT2D eigenvalue weighted by Gasteiger charge is 2.21. The van der Waals surface area contributed by atoms with Crippen molar-refractivity contribution in [3.63, 3.8) is 0 Å². The number of fused-ring (bicyclic) bond motifs is 1. The number of nitrogens with two attached hydrogens (primary N) is 1. The lowest BCUT2D eigenvalue weighted by molar-refractivity contribution is 0.1000. The number of aromatic amines is 1. The van der Waals surface area contributed by atoms with Crippen LogP contribution in [0.2, 0.25) is 5.15 Å². The summed E-state index contributed by atoms with van der Waals surface area (Å²) < 4.78 is 29.9. The largest absolute Gasteiger partial charge is 0.365 e. The molecule has 35 heavy (non-hydrogen) atoms. The van der Waals surface area contributed by atoms with E-state index in [0.29, 0.717) is 11.0 Å². The lowest BCUT2D eigenvalue weighted by Gasteiger charge is -2.16. The number of nitrogens with one attached hydrogen (secondary N) is 1. The molecule has 1 aromatic carbocycles. The lowest BCUT2D eigenvalue weighted by Crippen LogP contribution is -2.23.